The zero-order chi connectivity index (χ0) is 17.9. The number of carbonyl (C=O) groups is 1. The van der Waals surface area contributed by atoms with Gasteiger partial charge in [-0.05, 0) is 31.4 Å². The van der Waals surface area contributed by atoms with Crippen molar-refractivity contribution in [2.45, 2.75) is 38.4 Å². The molecule has 0 bridgehead atoms. The number of hydrogen-bond donors (Lipinski definition) is 1. The third-order valence-electron chi connectivity index (χ3n) is 4.55. The molecule has 0 radical (unpaired) electrons. The van der Waals surface area contributed by atoms with Crippen LogP contribution in [-0.2, 0) is 11.3 Å². The molecule has 134 valence electrons. The number of carbonyl (C=O) groups excluding carboxylic acids is 1. The van der Waals surface area contributed by atoms with Crippen molar-refractivity contribution in [2.75, 3.05) is 0 Å². The van der Waals surface area contributed by atoms with E-state index < -0.39 is 18.0 Å². The molecule has 5 nitrogen and oxygen atoms in total. The number of pyridine rings is 1. The normalized spacial score (nSPS) is 21.1. The van der Waals surface area contributed by atoms with Crippen LogP contribution in [0, 0.1) is 11.8 Å². The van der Waals surface area contributed by atoms with Crippen LogP contribution in [0.2, 0.25) is 0 Å². The standard InChI is InChI=1S/C17H19F3N4O/c18-17(19,20)14-6-1-4-12(10-14)16(25)22-11-13-5-2-7-21-15(13)24-9-3-8-23-24/h2-3,5,7-9,12,14H,1,4,6,10-11H2,(H,22,25)/t12-,14+/m1/s1. The van der Waals surface area contributed by atoms with Crippen molar-refractivity contribution in [3.8, 4) is 5.82 Å². The van der Waals surface area contributed by atoms with Crippen molar-refractivity contribution >= 4 is 5.91 Å². The molecular formula is C17H19F3N4O. The van der Waals surface area contributed by atoms with Crippen LogP contribution in [0.15, 0.2) is 36.8 Å². The topological polar surface area (TPSA) is 59.8 Å². The van der Waals surface area contributed by atoms with E-state index in [1.54, 1.807) is 35.4 Å². The molecule has 1 N–H and O–H groups in total. The monoisotopic (exact) mass is 352 g/mol. The maximum Gasteiger partial charge on any atom is 0.391 e. The third-order valence-corrected chi connectivity index (χ3v) is 4.55. The zero-order valence-corrected chi connectivity index (χ0v) is 13.5. The molecule has 1 aliphatic rings. The minimum atomic E-state index is -4.23. The lowest BCUT2D eigenvalue weighted by atomic mass is 9.80. The van der Waals surface area contributed by atoms with Crippen molar-refractivity contribution in [3.63, 3.8) is 0 Å². The van der Waals surface area contributed by atoms with Crippen LogP contribution >= 0.6 is 0 Å². The highest BCUT2D eigenvalue weighted by atomic mass is 19.4. The second-order valence-corrected chi connectivity index (χ2v) is 6.26. The first-order valence-corrected chi connectivity index (χ1v) is 8.23. The summed E-state index contributed by atoms with van der Waals surface area (Å²) in [5, 5.41) is 6.87. The molecule has 0 unspecified atom stereocenters. The van der Waals surface area contributed by atoms with Gasteiger partial charge >= 0.3 is 6.18 Å². The summed E-state index contributed by atoms with van der Waals surface area (Å²) in [7, 11) is 0. The van der Waals surface area contributed by atoms with Gasteiger partial charge in [-0.15, -0.1) is 0 Å². The molecule has 2 aromatic heterocycles. The summed E-state index contributed by atoms with van der Waals surface area (Å²) in [6, 6.07) is 5.31. The predicted molar refractivity (Wildman–Crippen MR) is 84.7 cm³/mol. The average molecular weight is 352 g/mol. The molecule has 25 heavy (non-hydrogen) atoms. The van der Waals surface area contributed by atoms with Crippen LogP contribution < -0.4 is 5.32 Å². The summed E-state index contributed by atoms with van der Waals surface area (Å²) in [5.41, 5.74) is 0.753. The highest BCUT2D eigenvalue weighted by Crippen LogP contribution is 2.39. The Morgan fingerprint density at radius 2 is 2.12 bits per heavy atom. The summed E-state index contributed by atoms with van der Waals surface area (Å²) in [4.78, 5) is 16.6. The van der Waals surface area contributed by atoms with Crippen molar-refractivity contribution in [2.24, 2.45) is 11.8 Å². The van der Waals surface area contributed by atoms with Crippen LogP contribution in [0.3, 0.4) is 0 Å². The second-order valence-electron chi connectivity index (χ2n) is 6.26. The molecule has 1 aliphatic carbocycles. The molecule has 3 rings (SSSR count). The fourth-order valence-electron chi connectivity index (χ4n) is 3.22. The van der Waals surface area contributed by atoms with Crippen LogP contribution in [0.5, 0.6) is 0 Å². The number of hydrogen-bond acceptors (Lipinski definition) is 3. The largest absolute Gasteiger partial charge is 0.391 e. The first kappa shape index (κ1) is 17.4. The Hall–Kier alpha value is -2.38. The number of amides is 1. The van der Waals surface area contributed by atoms with Gasteiger partial charge in [0, 0.05) is 36.6 Å². The van der Waals surface area contributed by atoms with E-state index in [9.17, 15) is 18.0 Å². The molecule has 8 heteroatoms. The van der Waals surface area contributed by atoms with E-state index in [4.69, 9.17) is 0 Å². The summed E-state index contributed by atoms with van der Waals surface area (Å²) in [6.45, 7) is 0.203. The maximum atomic E-state index is 12.9. The molecule has 0 spiro atoms. The van der Waals surface area contributed by atoms with Gasteiger partial charge in [-0.3, -0.25) is 4.79 Å². The lowest BCUT2D eigenvalue weighted by molar-refractivity contribution is -0.186. The number of nitrogens with zero attached hydrogens (tertiary/aromatic N) is 3. The van der Waals surface area contributed by atoms with Gasteiger partial charge < -0.3 is 5.32 Å². The highest BCUT2D eigenvalue weighted by molar-refractivity contribution is 5.78. The van der Waals surface area contributed by atoms with E-state index in [1.165, 1.54) is 0 Å². The Bertz CT molecular complexity index is 715. The Morgan fingerprint density at radius 1 is 1.28 bits per heavy atom. The van der Waals surface area contributed by atoms with Crippen LogP contribution in [0.4, 0.5) is 13.2 Å². The van der Waals surface area contributed by atoms with Gasteiger partial charge in [0.15, 0.2) is 5.82 Å². The quantitative estimate of drug-likeness (QED) is 0.919. The van der Waals surface area contributed by atoms with Crippen LogP contribution in [0.25, 0.3) is 5.82 Å². The number of aromatic nitrogens is 3. The number of nitrogens with one attached hydrogen (secondary N) is 1. The minimum absolute atomic E-state index is 0.110. The first-order chi connectivity index (χ1) is 11.9. The van der Waals surface area contributed by atoms with Crippen LogP contribution in [-0.4, -0.2) is 26.8 Å². The van der Waals surface area contributed by atoms with Gasteiger partial charge in [-0.1, -0.05) is 12.5 Å². The lowest BCUT2D eigenvalue weighted by Gasteiger charge is -2.29. The summed E-state index contributed by atoms with van der Waals surface area (Å²) < 4.78 is 40.3. The van der Waals surface area contributed by atoms with Gasteiger partial charge in [0.25, 0.3) is 0 Å². The fourth-order valence-corrected chi connectivity index (χ4v) is 3.22. The van der Waals surface area contributed by atoms with E-state index in [0.29, 0.717) is 18.7 Å². The lowest BCUT2D eigenvalue weighted by Crippen LogP contribution is -2.37. The molecule has 2 heterocycles. The molecule has 0 saturated heterocycles. The predicted octanol–water partition coefficient (Wildman–Crippen LogP) is 3.25. The van der Waals surface area contributed by atoms with Crippen molar-refractivity contribution in [1.29, 1.82) is 0 Å². The van der Waals surface area contributed by atoms with Crippen molar-refractivity contribution in [1.82, 2.24) is 20.1 Å². The number of rotatable bonds is 4. The molecule has 2 atom stereocenters. The molecule has 0 aliphatic heterocycles. The van der Waals surface area contributed by atoms with Gasteiger partial charge in [-0.25, -0.2) is 9.67 Å². The smallest absolute Gasteiger partial charge is 0.352 e. The number of alkyl halides is 3. The Kier molecular flexibility index (Phi) is 5.06. The van der Waals surface area contributed by atoms with E-state index >= 15 is 0 Å². The van der Waals surface area contributed by atoms with E-state index in [1.807, 2.05) is 6.07 Å². The fraction of sp³-hybridized carbons (Fsp3) is 0.471. The Morgan fingerprint density at radius 3 is 2.84 bits per heavy atom. The molecule has 1 amide bonds. The summed E-state index contributed by atoms with van der Waals surface area (Å²) in [5.74, 6) is -1.71. The maximum absolute atomic E-state index is 12.9. The van der Waals surface area contributed by atoms with Gasteiger partial charge in [0.2, 0.25) is 5.91 Å². The zero-order valence-electron chi connectivity index (χ0n) is 13.5. The third kappa shape index (κ3) is 4.18. The van der Waals surface area contributed by atoms with Gasteiger partial charge in [0.05, 0.1) is 5.92 Å². The van der Waals surface area contributed by atoms with Crippen molar-refractivity contribution < 1.29 is 18.0 Å². The average Bonchev–Trinajstić information content (AvgIpc) is 3.14. The van der Waals surface area contributed by atoms with Crippen molar-refractivity contribution in [3.05, 3.63) is 42.4 Å². The van der Waals surface area contributed by atoms with E-state index in [-0.39, 0.29) is 25.3 Å². The SMILES string of the molecule is O=C(NCc1cccnc1-n1cccn1)[C@@H]1CCC[C@H](C(F)(F)F)C1. The Labute approximate surface area is 143 Å². The molecule has 1 fully saturated rings. The summed E-state index contributed by atoms with van der Waals surface area (Å²) >= 11 is 0. The Balaban J connectivity index is 1.63. The van der Waals surface area contributed by atoms with Gasteiger partial charge in [-0.2, -0.15) is 18.3 Å². The number of halogens is 3. The highest BCUT2D eigenvalue weighted by Gasteiger charge is 2.43. The van der Waals surface area contributed by atoms with E-state index in [2.05, 4.69) is 15.4 Å². The summed E-state index contributed by atoms with van der Waals surface area (Å²) in [6.07, 6.45) is 1.66. The molecule has 0 aromatic carbocycles. The molecule has 2 aromatic rings. The minimum Gasteiger partial charge on any atom is -0.352 e. The van der Waals surface area contributed by atoms with Crippen LogP contribution in [0.1, 0.15) is 31.2 Å². The molecular weight excluding hydrogens is 333 g/mol. The first-order valence-electron chi connectivity index (χ1n) is 8.23. The molecule has 1 saturated carbocycles. The van der Waals surface area contributed by atoms with Gasteiger partial charge in [0.1, 0.15) is 0 Å². The van der Waals surface area contributed by atoms with E-state index in [0.717, 1.165) is 5.56 Å². The second kappa shape index (κ2) is 7.25.